The largest absolute Gasteiger partial charge is 0.452 e. The van der Waals surface area contributed by atoms with Crippen LogP contribution in [0.15, 0.2) is 42.6 Å². The van der Waals surface area contributed by atoms with Crippen molar-refractivity contribution in [2.45, 2.75) is 32.3 Å². The van der Waals surface area contributed by atoms with Crippen molar-refractivity contribution in [2.75, 3.05) is 19.6 Å². The summed E-state index contributed by atoms with van der Waals surface area (Å²) >= 11 is 0. The number of aromatic nitrogens is 1. The second-order valence-electron chi connectivity index (χ2n) is 6.79. The predicted molar refractivity (Wildman–Crippen MR) is 101 cm³/mol. The van der Waals surface area contributed by atoms with Crippen LogP contribution in [0.1, 0.15) is 47.0 Å². The van der Waals surface area contributed by atoms with E-state index in [2.05, 4.69) is 9.88 Å². The number of hydrogen-bond acceptors (Lipinski definition) is 6. The maximum Gasteiger partial charge on any atom is 0.338 e. The number of nitrogens with zero attached hydrogens (tertiary/aromatic N) is 3. The Morgan fingerprint density at radius 3 is 2.48 bits per heavy atom. The summed E-state index contributed by atoms with van der Waals surface area (Å²) in [7, 11) is 0. The molecule has 0 aliphatic carbocycles. The molecule has 7 nitrogen and oxygen atoms in total. The number of nitro benzene ring substituents is 1. The van der Waals surface area contributed by atoms with Gasteiger partial charge in [-0.05, 0) is 51.1 Å². The van der Waals surface area contributed by atoms with Crippen LogP contribution >= 0.6 is 0 Å². The SMILES string of the molecule is Cc1ccc([C@H](CN2CCCCC2)OC(=O)c2ccc([N+](=O)[O-])cc2)cn1. The first-order valence-corrected chi connectivity index (χ1v) is 9.13. The van der Waals surface area contributed by atoms with Gasteiger partial charge in [-0.15, -0.1) is 0 Å². The zero-order chi connectivity index (χ0) is 19.2. The standard InChI is InChI=1S/C20H23N3O4/c1-15-5-6-17(13-21-15)19(14-22-11-3-2-4-12-22)27-20(24)16-7-9-18(10-8-16)23(25)26/h5-10,13,19H,2-4,11-12,14H2,1H3/t19-/m0/s1. The number of carbonyl (C=O) groups is 1. The van der Waals surface area contributed by atoms with Gasteiger partial charge in [0.2, 0.25) is 0 Å². The number of likely N-dealkylation sites (tertiary alicyclic amines) is 1. The van der Waals surface area contributed by atoms with E-state index in [0.717, 1.165) is 37.2 Å². The molecule has 7 heteroatoms. The van der Waals surface area contributed by atoms with Crippen molar-refractivity contribution in [3.05, 3.63) is 69.5 Å². The smallest absolute Gasteiger partial charge is 0.338 e. The summed E-state index contributed by atoms with van der Waals surface area (Å²) in [5.41, 5.74) is 1.99. The molecule has 1 atom stereocenters. The minimum absolute atomic E-state index is 0.0563. The van der Waals surface area contributed by atoms with Crippen LogP contribution in [-0.2, 0) is 4.74 Å². The van der Waals surface area contributed by atoms with Crippen molar-refractivity contribution >= 4 is 11.7 Å². The molecule has 0 radical (unpaired) electrons. The summed E-state index contributed by atoms with van der Waals surface area (Å²) in [6.07, 6.45) is 4.84. The molecule has 1 aliphatic heterocycles. The van der Waals surface area contributed by atoms with Crippen LogP contribution in [-0.4, -0.2) is 40.4 Å². The predicted octanol–water partition coefficient (Wildman–Crippen LogP) is 3.68. The summed E-state index contributed by atoms with van der Waals surface area (Å²) < 4.78 is 5.78. The Morgan fingerprint density at radius 2 is 1.89 bits per heavy atom. The van der Waals surface area contributed by atoms with Gasteiger partial charge in [-0.3, -0.25) is 20.0 Å². The molecule has 2 aromatic rings. The number of esters is 1. The summed E-state index contributed by atoms with van der Waals surface area (Å²) in [6, 6.07) is 9.29. The van der Waals surface area contributed by atoms with Gasteiger partial charge in [-0.25, -0.2) is 4.79 Å². The van der Waals surface area contributed by atoms with Crippen molar-refractivity contribution in [3.8, 4) is 0 Å². The fourth-order valence-electron chi connectivity index (χ4n) is 3.17. The number of rotatable bonds is 6. The van der Waals surface area contributed by atoms with E-state index in [9.17, 15) is 14.9 Å². The molecule has 0 spiro atoms. The average molecular weight is 369 g/mol. The molecule has 1 saturated heterocycles. The molecule has 1 aromatic heterocycles. The molecule has 0 saturated carbocycles. The number of nitro groups is 1. The van der Waals surface area contributed by atoms with E-state index in [0.29, 0.717) is 12.1 Å². The summed E-state index contributed by atoms with van der Waals surface area (Å²) in [5, 5.41) is 10.8. The van der Waals surface area contributed by atoms with E-state index in [1.165, 1.54) is 30.7 Å². The minimum atomic E-state index is -0.494. The third kappa shape index (κ3) is 5.10. The number of piperidine rings is 1. The van der Waals surface area contributed by atoms with Crippen molar-refractivity contribution in [3.63, 3.8) is 0 Å². The van der Waals surface area contributed by atoms with Crippen molar-refractivity contribution in [1.82, 2.24) is 9.88 Å². The quantitative estimate of drug-likeness (QED) is 0.439. The van der Waals surface area contributed by atoms with Gasteiger partial charge in [0.15, 0.2) is 0 Å². The van der Waals surface area contributed by atoms with Crippen LogP contribution < -0.4 is 0 Å². The third-order valence-corrected chi connectivity index (χ3v) is 4.74. The first-order valence-electron chi connectivity index (χ1n) is 9.13. The third-order valence-electron chi connectivity index (χ3n) is 4.74. The van der Waals surface area contributed by atoms with Crippen LogP contribution in [0.2, 0.25) is 0 Å². The lowest BCUT2D eigenvalue weighted by Gasteiger charge is -2.30. The minimum Gasteiger partial charge on any atom is -0.452 e. The van der Waals surface area contributed by atoms with Gasteiger partial charge in [0.05, 0.1) is 10.5 Å². The molecule has 1 aliphatic rings. The molecule has 3 rings (SSSR count). The highest BCUT2D eigenvalue weighted by Gasteiger charge is 2.23. The second-order valence-corrected chi connectivity index (χ2v) is 6.79. The summed E-state index contributed by atoms with van der Waals surface area (Å²) in [5.74, 6) is -0.493. The lowest BCUT2D eigenvalue weighted by molar-refractivity contribution is -0.384. The molecular formula is C20H23N3O4. The Morgan fingerprint density at radius 1 is 1.19 bits per heavy atom. The number of aryl methyl sites for hydroxylation is 1. The van der Waals surface area contributed by atoms with Gasteiger partial charge in [0.1, 0.15) is 6.10 Å². The number of non-ortho nitro benzene ring substituents is 1. The van der Waals surface area contributed by atoms with E-state index in [4.69, 9.17) is 4.74 Å². The topological polar surface area (TPSA) is 85.6 Å². The maximum atomic E-state index is 12.6. The highest BCUT2D eigenvalue weighted by atomic mass is 16.6. The Balaban J connectivity index is 1.75. The van der Waals surface area contributed by atoms with Gasteiger partial charge in [0.25, 0.3) is 5.69 Å². The van der Waals surface area contributed by atoms with E-state index in [-0.39, 0.29) is 5.69 Å². The molecule has 0 amide bonds. The van der Waals surface area contributed by atoms with Gasteiger partial charge in [-0.1, -0.05) is 12.5 Å². The van der Waals surface area contributed by atoms with Gasteiger partial charge in [0, 0.05) is 36.1 Å². The number of pyridine rings is 1. The fraction of sp³-hybridized carbons (Fsp3) is 0.400. The molecule has 27 heavy (non-hydrogen) atoms. The zero-order valence-corrected chi connectivity index (χ0v) is 15.3. The van der Waals surface area contributed by atoms with E-state index in [1.807, 2.05) is 19.1 Å². The van der Waals surface area contributed by atoms with Gasteiger partial charge >= 0.3 is 5.97 Å². The molecule has 0 bridgehead atoms. The lowest BCUT2D eigenvalue weighted by atomic mass is 10.1. The van der Waals surface area contributed by atoms with Crippen LogP contribution in [0, 0.1) is 17.0 Å². The number of hydrogen-bond donors (Lipinski definition) is 0. The number of ether oxygens (including phenoxy) is 1. The van der Waals surface area contributed by atoms with Crippen molar-refractivity contribution in [1.29, 1.82) is 0 Å². The number of benzene rings is 1. The molecule has 1 aromatic carbocycles. The molecular weight excluding hydrogens is 346 g/mol. The highest BCUT2D eigenvalue weighted by Crippen LogP contribution is 2.23. The Labute approximate surface area is 158 Å². The molecule has 1 fully saturated rings. The molecule has 2 heterocycles. The van der Waals surface area contributed by atoms with Crippen molar-refractivity contribution < 1.29 is 14.5 Å². The zero-order valence-electron chi connectivity index (χ0n) is 15.3. The van der Waals surface area contributed by atoms with Crippen LogP contribution in [0.5, 0.6) is 0 Å². The van der Waals surface area contributed by atoms with E-state index < -0.39 is 17.0 Å². The Kier molecular flexibility index (Phi) is 6.13. The normalized spacial score (nSPS) is 15.9. The summed E-state index contributed by atoms with van der Waals surface area (Å²) in [4.78, 5) is 29.5. The number of carbonyl (C=O) groups excluding carboxylic acids is 1. The van der Waals surface area contributed by atoms with Crippen molar-refractivity contribution in [2.24, 2.45) is 0 Å². The average Bonchev–Trinajstić information content (AvgIpc) is 2.69. The molecule has 0 N–H and O–H groups in total. The highest BCUT2D eigenvalue weighted by molar-refractivity contribution is 5.89. The van der Waals surface area contributed by atoms with E-state index in [1.54, 1.807) is 6.20 Å². The first-order chi connectivity index (χ1) is 13.0. The fourth-order valence-corrected chi connectivity index (χ4v) is 3.17. The Hall–Kier alpha value is -2.80. The van der Waals surface area contributed by atoms with Crippen LogP contribution in [0.25, 0.3) is 0 Å². The van der Waals surface area contributed by atoms with E-state index >= 15 is 0 Å². The summed E-state index contributed by atoms with van der Waals surface area (Å²) in [6.45, 7) is 4.51. The first kappa shape index (κ1) is 19.0. The maximum absolute atomic E-state index is 12.6. The monoisotopic (exact) mass is 369 g/mol. The van der Waals surface area contributed by atoms with Crippen LogP contribution in [0.4, 0.5) is 5.69 Å². The molecule has 0 unspecified atom stereocenters. The Bertz CT molecular complexity index is 784. The second kappa shape index (κ2) is 8.73. The lowest BCUT2D eigenvalue weighted by Crippen LogP contribution is -2.35. The van der Waals surface area contributed by atoms with Gasteiger partial charge < -0.3 is 4.74 Å². The molecule has 142 valence electrons. The van der Waals surface area contributed by atoms with Gasteiger partial charge in [-0.2, -0.15) is 0 Å². The van der Waals surface area contributed by atoms with Crippen LogP contribution in [0.3, 0.4) is 0 Å².